The maximum absolute atomic E-state index is 12.6. The van der Waals surface area contributed by atoms with Crippen molar-refractivity contribution in [3.63, 3.8) is 0 Å². The third-order valence-electron chi connectivity index (χ3n) is 3.72. The highest BCUT2D eigenvalue weighted by atomic mass is 16.5. The standard InChI is InChI=1S/C14H22O3/c1-2-17-14(8-10-16-11-9-14)13(15)12-6-4-3-5-7-12/h6H,2-5,7-11H2,1H3. The van der Waals surface area contributed by atoms with Gasteiger partial charge < -0.3 is 9.47 Å². The molecular weight excluding hydrogens is 216 g/mol. The predicted molar refractivity (Wildman–Crippen MR) is 66.0 cm³/mol. The molecule has 0 spiro atoms. The Hall–Kier alpha value is -0.670. The van der Waals surface area contributed by atoms with Crippen LogP contribution in [0.3, 0.4) is 0 Å². The Morgan fingerprint density at radius 1 is 1.41 bits per heavy atom. The van der Waals surface area contributed by atoms with Gasteiger partial charge in [-0.25, -0.2) is 0 Å². The number of Topliss-reactive ketones (excluding diaryl/α,β-unsaturated/α-hetero) is 1. The molecule has 1 fully saturated rings. The third-order valence-corrected chi connectivity index (χ3v) is 3.72. The number of carbonyl (C=O) groups excluding carboxylic acids is 1. The zero-order valence-corrected chi connectivity index (χ0v) is 10.7. The normalized spacial score (nSPS) is 24.2. The molecule has 1 aliphatic carbocycles. The summed E-state index contributed by atoms with van der Waals surface area (Å²) in [5.74, 6) is 0.224. The van der Waals surface area contributed by atoms with Crippen LogP contribution in [0.4, 0.5) is 0 Å². The van der Waals surface area contributed by atoms with Crippen LogP contribution in [0.2, 0.25) is 0 Å². The Morgan fingerprint density at radius 3 is 2.76 bits per heavy atom. The molecule has 96 valence electrons. The minimum Gasteiger partial charge on any atom is -0.381 e. The average Bonchev–Trinajstić information content (AvgIpc) is 2.40. The summed E-state index contributed by atoms with van der Waals surface area (Å²) in [5, 5.41) is 0. The minimum absolute atomic E-state index is 0.224. The fourth-order valence-electron chi connectivity index (χ4n) is 2.75. The molecule has 0 saturated carbocycles. The summed E-state index contributed by atoms with van der Waals surface area (Å²) in [6.45, 7) is 3.83. The van der Waals surface area contributed by atoms with Gasteiger partial charge in [-0.2, -0.15) is 0 Å². The molecule has 0 aromatic rings. The summed E-state index contributed by atoms with van der Waals surface area (Å²) in [6.07, 6.45) is 7.84. The summed E-state index contributed by atoms with van der Waals surface area (Å²) in [6, 6.07) is 0. The summed E-state index contributed by atoms with van der Waals surface area (Å²) in [7, 11) is 0. The second kappa shape index (κ2) is 5.78. The van der Waals surface area contributed by atoms with Crippen molar-refractivity contribution in [3.8, 4) is 0 Å². The summed E-state index contributed by atoms with van der Waals surface area (Å²) in [5.41, 5.74) is 0.405. The maximum atomic E-state index is 12.6. The van der Waals surface area contributed by atoms with Crippen molar-refractivity contribution in [1.82, 2.24) is 0 Å². The Labute approximate surface area is 103 Å². The van der Waals surface area contributed by atoms with Crippen molar-refractivity contribution in [2.24, 2.45) is 0 Å². The van der Waals surface area contributed by atoms with E-state index in [0.717, 1.165) is 24.8 Å². The van der Waals surface area contributed by atoms with E-state index in [1.54, 1.807) is 0 Å². The van der Waals surface area contributed by atoms with Crippen molar-refractivity contribution in [2.45, 2.75) is 51.0 Å². The first-order valence-electron chi connectivity index (χ1n) is 6.74. The molecule has 0 bridgehead atoms. The summed E-state index contributed by atoms with van der Waals surface area (Å²) >= 11 is 0. The predicted octanol–water partition coefficient (Wildman–Crippen LogP) is 2.64. The van der Waals surface area contributed by atoms with Crippen LogP contribution >= 0.6 is 0 Å². The Kier molecular flexibility index (Phi) is 4.35. The Balaban J connectivity index is 2.14. The molecule has 2 aliphatic rings. The van der Waals surface area contributed by atoms with E-state index >= 15 is 0 Å². The molecule has 0 atom stereocenters. The average molecular weight is 238 g/mol. The third kappa shape index (κ3) is 2.78. The lowest BCUT2D eigenvalue weighted by molar-refractivity contribution is -0.153. The molecule has 0 N–H and O–H groups in total. The lowest BCUT2D eigenvalue weighted by atomic mass is 9.82. The lowest BCUT2D eigenvalue weighted by Crippen LogP contribution is -2.47. The highest BCUT2D eigenvalue weighted by molar-refractivity contribution is 6.02. The molecule has 0 unspecified atom stereocenters. The van der Waals surface area contributed by atoms with E-state index in [1.165, 1.54) is 6.42 Å². The van der Waals surface area contributed by atoms with E-state index in [0.29, 0.717) is 32.7 Å². The van der Waals surface area contributed by atoms with E-state index in [9.17, 15) is 4.79 Å². The van der Waals surface area contributed by atoms with Gasteiger partial charge in [-0.3, -0.25) is 4.79 Å². The van der Waals surface area contributed by atoms with Gasteiger partial charge in [-0.15, -0.1) is 0 Å². The van der Waals surface area contributed by atoms with Crippen LogP contribution in [0, 0.1) is 0 Å². The second-order valence-corrected chi connectivity index (χ2v) is 4.84. The van der Waals surface area contributed by atoms with Crippen LogP contribution in [-0.2, 0) is 14.3 Å². The molecule has 0 aromatic heterocycles. The van der Waals surface area contributed by atoms with Gasteiger partial charge in [0, 0.05) is 32.7 Å². The van der Waals surface area contributed by atoms with E-state index < -0.39 is 5.60 Å². The molecule has 0 aromatic carbocycles. The molecular formula is C14H22O3. The molecule has 1 saturated heterocycles. The lowest BCUT2D eigenvalue weighted by Gasteiger charge is -2.36. The first-order valence-corrected chi connectivity index (χ1v) is 6.74. The topological polar surface area (TPSA) is 35.5 Å². The molecule has 2 rings (SSSR count). The molecule has 0 radical (unpaired) electrons. The number of rotatable bonds is 4. The number of allylic oxidation sites excluding steroid dienone is 1. The fraction of sp³-hybridized carbons (Fsp3) is 0.786. The van der Waals surface area contributed by atoms with E-state index in [2.05, 4.69) is 6.08 Å². The molecule has 17 heavy (non-hydrogen) atoms. The number of ketones is 1. The fourth-order valence-corrected chi connectivity index (χ4v) is 2.75. The number of carbonyl (C=O) groups is 1. The molecule has 3 nitrogen and oxygen atoms in total. The van der Waals surface area contributed by atoms with E-state index in [-0.39, 0.29) is 5.78 Å². The Bertz CT molecular complexity index is 295. The zero-order chi connectivity index (χ0) is 12.1. The minimum atomic E-state index is -0.587. The second-order valence-electron chi connectivity index (χ2n) is 4.84. The number of ether oxygens (including phenoxy) is 2. The SMILES string of the molecule is CCOC1(C(=O)C2=CCCCC2)CCOCC1. The largest absolute Gasteiger partial charge is 0.381 e. The van der Waals surface area contributed by atoms with Crippen molar-refractivity contribution in [2.75, 3.05) is 19.8 Å². The van der Waals surface area contributed by atoms with Gasteiger partial charge in [0.1, 0.15) is 5.60 Å². The molecule has 0 amide bonds. The highest BCUT2D eigenvalue weighted by Crippen LogP contribution is 2.32. The van der Waals surface area contributed by atoms with Gasteiger partial charge in [0.2, 0.25) is 0 Å². The smallest absolute Gasteiger partial charge is 0.190 e. The van der Waals surface area contributed by atoms with Gasteiger partial charge in [0.05, 0.1) is 0 Å². The quantitative estimate of drug-likeness (QED) is 0.755. The molecule has 1 aliphatic heterocycles. The van der Waals surface area contributed by atoms with E-state index in [4.69, 9.17) is 9.47 Å². The monoisotopic (exact) mass is 238 g/mol. The van der Waals surface area contributed by atoms with Gasteiger partial charge in [0.25, 0.3) is 0 Å². The summed E-state index contributed by atoms with van der Waals surface area (Å²) in [4.78, 5) is 12.6. The van der Waals surface area contributed by atoms with Crippen LogP contribution in [0.25, 0.3) is 0 Å². The number of hydrogen-bond acceptors (Lipinski definition) is 3. The van der Waals surface area contributed by atoms with Crippen LogP contribution in [-0.4, -0.2) is 31.2 Å². The van der Waals surface area contributed by atoms with Gasteiger partial charge in [0.15, 0.2) is 5.78 Å². The number of hydrogen-bond donors (Lipinski definition) is 0. The first kappa shape index (κ1) is 12.8. The van der Waals surface area contributed by atoms with Crippen LogP contribution in [0.1, 0.15) is 45.4 Å². The van der Waals surface area contributed by atoms with Gasteiger partial charge in [-0.1, -0.05) is 6.08 Å². The molecule has 3 heteroatoms. The van der Waals surface area contributed by atoms with Crippen molar-refractivity contribution < 1.29 is 14.3 Å². The van der Waals surface area contributed by atoms with Gasteiger partial charge >= 0.3 is 0 Å². The Morgan fingerprint density at radius 2 is 2.18 bits per heavy atom. The molecule has 1 heterocycles. The highest BCUT2D eigenvalue weighted by Gasteiger charge is 2.41. The van der Waals surface area contributed by atoms with Crippen LogP contribution in [0.5, 0.6) is 0 Å². The van der Waals surface area contributed by atoms with Crippen LogP contribution in [0.15, 0.2) is 11.6 Å². The van der Waals surface area contributed by atoms with Crippen LogP contribution < -0.4 is 0 Å². The maximum Gasteiger partial charge on any atom is 0.190 e. The first-order chi connectivity index (χ1) is 8.28. The van der Waals surface area contributed by atoms with Crippen molar-refractivity contribution in [3.05, 3.63) is 11.6 Å². The van der Waals surface area contributed by atoms with Crippen molar-refractivity contribution >= 4 is 5.78 Å². The van der Waals surface area contributed by atoms with Crippen molar-refractivity contribution in [1.29, 1.82) is 0 Å². The zero-order valence-electron chi connectivity index (χ0n) is 10.7. The summed E-state index contributed by atoms with van der Waals surface area (Å²) < 4.78 is 11.2. The van der Waals surface area contributed by atoms with E-state index in [1.807, 2.05) is 6.92 Å². The van der Waals surface area contributed by atoms with Gasteiger partial charge in [-0.05, 0) is 38.2 Å².